The normalized spacial score (nSPS) is 13.7. The summed E-state index contributed by atoms with van der Waals surface area (Å²) in [6.07, 6.45) is 3.47. The van der Waals surface area contributed by atoms with E-state index in [4.69, 9.17) is 13.9 Å². The molecule has 0 bridgehead atoms. The fourth-order valence-electron chi connectivity index (χ4n) is 3.73. The Morgan fingerprint density at radius 1 is 1.09 bits per heavy atom. The number of amides is 1. The molecule has 1 aliphatic rings. The van der Waals surface area contributed by atoms with Gasteiger partial charge >= 0.3 is 0 Å². The van der Waals surface area contributed by atoms with Gasteiger partial charge in [0.2, 0.25) is 17.5 Å². The highest BCUT2D eigenvalue weighted by molar-refractivity contribution is 5.94. The van der Waals surface area contributed by atoms with Crippen LogP contribution in [0.5, 0.6) is 11.5 Å². The first-order valence-corrected chi connectivity index (χ1v) is 10.6. The SMILES string of the molecule is COc1ccc(/C=C/c2nc(C#N)c(N3CCN(C(=O)c4ccccc4F)CC3)o2)cc1OC. The molecule has 0 saturated carbocycles. The Bertz CT molecular complexity index is 1260. The lowest BCUT2D eigenvalue weighted by atomic mass is 10.1. The van der Waals surface area contributed by atoms with E-state index in [0.29, 0.717) is 43.6 Å². The van der Waals surface area contributed by atoms with E-state index < -0.39 is 5.82 Å². The van der Waals surface area contributed by atoms with Crippen molar-refractivity contribution in [3.63, 3.8) is 0 Å². The molecule has 3 aromatic rings. The van der Waals surface area contributed by atoms with Crippen molar-refractivity contribution in [1.29, 1.82) is 5.26 Å². The minimum atomic E-state index is -0.539. The van der Waals surface area contributed by atoms with Crippen LogP contribution >= 0.6 is 0 Å². The lowest BCUT2D eigenvalue weighted by Gasteiger charge is -2.34. The first-order chi connectivity index (χ1) is 16.5. The second-order valence-electron chi connectivity index (χ2n) is 7.52. The number of halogens is 1. The van der Waals surface area contributed by atoms with Gasteiger partial charge in [0.1, 0.15) is 11.9 Å². The molecule has 1 aliphatic heterocycles. The van der Waals surface area contributed by atoms with E-state index in [0.717, 1.165) is 5.56 Å². The molecule has 174 valence electrons. The number of carbonyl (C=O) groups is 1. The van der Waals surface area contributed by atoms with Crippen molar-refractivity contribution < 1.29 is 23.1 Å². The van der Waals surface area contributed by atoms with Gasteiger partial charge in [-0.3, -0.25) is 4.79 Å². The zero-order valence-corrected chi connectivity index (χ0v) is 18.8. The van der Waals surface area contributed by atoms with Crippen LogP contribution in [0, 0.1) is 17.1 Å². The van der Waals surface area contributed by atoms with Crippen molar-refractivity contribution >= 4 is 23.9 Å². The number of hydrogen-bond donors (Lipinski definition) is 0. The molecule has 1 aromatic heterocycles. The van der Waals surface area contributed by atoms with Crippen molar-refractivity contribution in [2.24, 2.45) is 0 Å². The third-order valence-electron chi connectivity index (χ3n) is 5.52. The Labute approximate surface area is 196 Å². The van der Waals surface area contributed by atoms with Gasteiger partial charge in [-0.1, -0.05) is 18.2 Å². The van der Waals surface area contributed by atoms with Gasteiger partial charge < -0.3 is 23.7 Å². The van der Waals surface area contributed by atoms with E-state index in [1.165, 1.54) is 12.1 Å². The summed E-state index contributed by atoms with van der Waals surface area (Å²) in [7, 11) is 3.13. The van der Waals surface area contributed by atoms with Crippen LogP contribution in [0.1, 0.15) is 27.5 Å². The van der Waals surface area contributed by atoms with Crippen LogP contribution < -0.4 is 14.4 Å². The molecule has 34 heavy (non-hydrogen) atoms. The topological polar surface area (TPSA) is 91.8 Å². The predicted octanol–water partition coefficient (Wildman–Crippen LogP) is 3.84. The number of anilines is 1. The first-order valence-electron chi connectivity index (χ1n) is 10.6. The molecule has 0 radical (unpaired) electrons. The van der Waals surface area contributed by atoms with Gasteiger partial charge in [0, 0.05) is 32.3 Å². The Hall–Kier alpha value is -4.32. The summed E-state index contributed by atoms with van der Waals surface area (Å²) < 4.78 is 30.4. The average molecular weight is 462 g/mol. The highest BCUT2D eigenvalue weighted by atomic mass is 19.1. The number of ether oxygens (including phenoxy) is 2. The van der Waals surface area contributed by atoms with Crippen molar-refractivity contribution in [1.82, 2.24) is 9.88 Å². The smallest absolute Gasteiger partial charge is 0.256 e. The minimum Gasteiger partial charge on any atom is -0.493 e. The summed E-state index contributed by atoms with van der Waals surface area (Å²) in [6, 6.07) is 13.5. The Balaban J connectivity index is 1.45. The number of nitriles is 1. The molecule has 2 aromatic carbocycles. The summed E-state index contributed by atoms with van der Waals surface area (Å²) in [5.41, 5.74) is 1.06. The van der Waals surface area contributed by atoms with Crippen LogP contribution in [0.15, 0.2) is 46.9 Å². The Kier molecular flexibility index (Phi) is 6.78. The first kappa shape index (κ1) is 22.9. The van der Waals surface area contributed by atoms with Crippen LogP contribution in [0.2, 0.25) is 0 Å². The number of rotatable bonds is 6. The maximum Gasteiger partial charge on any atom is 0.256 e. The van der Waals surface area contributed by atoms with E-state index >= 15 is 0 Å². The van der Waals surface area contributed by atoms with Gasteiger partial charge in [0.25, 0.3) is 5.91 Å². The zero-order chi connectivity index (χ0) is 24.1. The molecule has 0 aliphatic carbocycles. The molecule has 4 rings (SSSR count). The number of aromatic nitrogens is 1. The lowest BCUT2D eigenvalue weighted by molar-refractivity contribution is 0.0740. The molecule has 1 fully saturated rings. The van der Waals surface area contributed by atoms with E-state index in [1.54, 1.807) is 49.5 Å². The van der Waals surface area contributed by atoms with Gasteiger partial charge in [-0.05, 0) is 35.9 Å². The Morgan fingerprint density at radius 2 is 1.82 bits per heavy atom. The summed E-state index contributed by atoms with van der Waals surface area (Å²) in [5, 5.41) is 9.53. The number of methoxy groups -OCH3 is 2. The van der Waals surface area contributed by atoms with Gasteiger partial charge in [-0.2, -0.15) is 10.2 Å². The monoisotopic (exact) mass is 462 g/mol. The van der Waals surface area contributed by atoms with Gasteiger partial charge in [0.15, 0.2) is 11.5 Å². The Morgan fingerprint density at radius 3 is 2.50 bits per heavy atom. The van der Waals surface area contributed by atoms with Crippen molar-refractivity contribution in [2.45, 2.75) is 0 Å². The van der Waals surface area contributed by atoms with Crippen molar-refractivity contribution in [2.75, 3.05) is 45.3 Å². The van der Waals surface area contributed by atoms with Gasteiger partial charge in [-0.15, -0.1) is 0 Å². The highest BCUT2D eigenvalue weighted by Crippen LogP contribution is 2.29. The average Bonchev–Trinajstić information content (AvgIpc) is 3.30. The maximum absolute atomic E-state index is 14.0. The third kappa shape index (κ3) is 4.71. The molecule has 0 unspecified atom stereocenters. The molecule has 0 atom stereocenters. The van der Waals surface area contributed by atoms with Crippen molar-refractivity contribution in [3.05, 3.63) is 71.0 Å². The highest BCUT2D eigenvalue weighted by Gasteiger charge is 2.27. The van der Waals surface area contributed by atoms with Crippen LogP contribution in [-0.2, 0) is 0 Å². The molecular formula is C25H23FN4O4. The lowest BCUT2D eigenvalue weighted by Crippen LogP contribution is -2.49. The van der Waals surface area contributed by atoms with E-state index in [-0.39, 0.29) is 23.1 Å². The van der Waals surface area contributed by atoms with Gasteiger partial charge in [-0.25, -0.2) is 4.39 Å². The van der Waals surface area contributed by atoms with Crippen LogP contribution in [0.4, 0.5) is 10.3 Å². The standard InChI is InChI=1S/C25H23FN4O4/c1-32-21-9-7-17(15-22(21)33-2)8-10-23-28-20(16-27)25(34-23)30-13-11-29(12-14-30)24(31)18-5-3-4-6-19(18)26/h3-10,15H,11-14H2,1-2H3/b10-8+. The predicted molar refractivity (Wildman–Crippen MR) is 124 cm³/mol. The van der Waals surface area contributed by atoms with Gasteiger partial charge in [0.05, 0.1) is 19.8 Å². The molecule has 1 amide bonds. The summed E-state index contributed by atoms with van der Waals surface area (Å²) in [6.45, 7) is 1.61. The van der Waals surface area contributed by atoms with E-state index in [9.17, 15) is 14.4 Å². The molecule has 9 heteroatoms. The fraction of sp³-hybridized carbons (Fsp3) is 0.240. The second-order valence-corrected chi connectivity index (χ2v) is 7.52. The summed E-state index contributed by atoms with van der Waals surface area (Å²) >= 11 is 0. The van der Waals surface area contributed by atoms with Crippen molar-refractivity contribution in [3.8, 4) is 17.6 Å². The molecule has 1 saturated heterocycles. The van der Waals surface area contributed by atoms with Crippen LogP contribution in [0.3, 0.4) is 0 Å². The maximum atomic E-state index is 14.0. The van der Waals surface area contributed by atoms with Crippen LogP contribution in [0.25, 0.3) is 12.2 Å². The number of benzene rings is 2. The van der Waals surface area contributed by atoms with E-state index in [1.807, 2.05) is 17.0 Å². The molecule has 8 nitrogen and oxygen atoms in total. The van der Waals surface area contributed by atoms with E-state index in [2.05, 4.69) is 11.1 Å². The molecule has 2 heterocycles. The minimum absolute atomic E-state index is 0.0518. The molecule has 0 spiro atoms. The number of carbonyl (C=O) groups excluding carboxylic acids is 1. The number of oxazole rings is 1. The summed E-state index contributed by atoms with van der Waals surface area (Å²) in [5.74, 6) is 0.964. The number of hydrogen-bond acceptors (Lipinski definition) is 7. The molecular weight excluding hydrogens is 439 g/mol. The zero-order valence-electron chi connectivity index (χ0n) is 18.8. The third-order valence-corrected chi connectivity index (χ3v) is 5.52. The summed E-state index contributed by atoms with van der Waals surface area (Å²) in [4.78, 5) is 20.4. The quantitative estimate of drug-likeness (QED) is 0.550. The fourth-order valence-corrected chi connectivity index (χ4v) is 3.73. The number of piperazine rings is 1. The molecule has 0 N–H and O–H groups in total. The largest absolute Gasteiger partial charge is 0.493 e. The van der Waals surface area contributed by atoms with Crippen LogP contribution in [-0.4, -0.2) is 56.2 Å². The number of nitrogens with zero attached hydrogens (tertiary/aromatic N) is 4. The second kappa shape index (κ2) is 10.1.